The van der Waals surface area contributed by atoms with E-state index in [-0.39, 0.29) is 11.1 Å². The Hall–Kier alpha value is -1.48. The molecule has 0 heterocycles. The fourth-order valence-electron chi connectivity index (χ4n) is 1.43. The number of hydrogen-bond donors (Lipinski definition) is 0. The molecule has 3 heteroatoms. The molecule has 1 atom stereocenters. The van der Waals surface area contributed by atoms with Gasteiger partial charge in [-0.3, -0.25) is 0 Å². The van der Waals surface area contributed by atoms with Crippen LogP contribution in [0.25, 0.3) is 0 Å². The van der Waals surface area contributed by atoms with E-state index in [1.54, 1.807) is 6.08 Å². The van der Waals surface area contributed by atoms with Crippen molar-refractivity contribution in [2.45, 2.75) is 45.0 Å². The maximum Gasteiger partial charge on any atom is 0.250 e. The van der Waals surface area contributed by atoms with Crippen LogP contribution in [0.4, 0.5) is 0 Å². The summed E-state index contributed by atoms with van der Waals surface area (Å²) in [5.74, 6) is 1.42. The van der Waals surface area contributed by atoms with E-state index in [1.165, 1.54) is 0 Å². The molecule has 20 heavy (non-hydrogen) atoms. The topological polar surface area (TPSA) is 18.5 Å². The third-order valence-electron chi connectivity index (χ3n) is 3.73. The zero-order valence-corrected chi connectivity index (χ0v) is 14.3. The minimum atomic E-state index is -1.89. The third kappa shape index (κ3) is 4.27. The van der Waals surface area contributed by atoms with Crippen molar-refractivity contribution in [1.82, 2.24) is 0 Å². The van der Waals surface area contributed by atoms with Gasteiger partial charge in [0.15, 0.2) is 6.10 Å². The Balaban J connectivity index is 2.76. The van der Waals surface area contributed by atoms with Crippen LogP contribution in [0.5, 0.6) is 5.75 Å². The quantitative estimate of drug-likeness (QED) is 0.409. The second-order valence-electron chi connectivity index (χ2n) is 6.42. The number of benzene rings is 1. The molecule has 0 aliphatic heterocycles. The molecule has 0 N–H and O–H groups in total. The number of ether oxygens (including phenoxy) is 1. The van der Waals surface area contributed by atoms with Crippen molar-refractivity contribution in [2.24, 2.45) is 0 Å². The van der Waals surface area contributed by atoms with Crippen LogP contribution in [-0.2, 0) is 4.43 Å². The summed E-state index contributed by atoms with van der Waals surface area (Å²) in [6, 6.07) is 9.66. The summed E-state index contributed by atoms with van der Waals surface area (Å²) in [5, 5.41) is 0.133. The Morgan fingerprint density at radius 1 is 1.20 bits per heavy atom. The minimum absolute atomic E-state index is 0.133. The Kier molecular flexibility index (Phi) is 5.23. The van der Waals surface area contributed by atoms with Crippen LogP contribution < -0.4 is 4.74 Å². The summed E-state index contributed by atoms with van der Waals surface area (Å²) in [5.41, 5.74) is 0. The van der Waals surface area contributed by atoms with Gasteiger partial charge in [-0.2, -0.15) is 0 Å². The highest BCUT2D eigenvalue weighted by molar-refractivity contribution is 6.74. The fourth-order valence-corrected chi connectivity index (χ4v) is 2.51. The van der Waals surface area contributed by atoms with Gasteiger partial charge in [0.25, 0.3) is 0 Å². The molecule has 1 rings (SSSR count). The normalized spacial score (nSPS) is 13.4. The standard InChI is InChI=1S/C17H26O2Si/c1-8-16(18-15-12-10-9-11-13-15)14(2)19-20(6,7)17(3,4)5/h8-13,16H,1-2H2,3-7H3/t16-/m1/s1. The van der Waals surface area contributed by atoms with E-state index < -0.39 is 8.32 Å². The molecule has 0 amide bonds. The minimum Gasteiger partial charge on any atom is -0.544 e. The first-order valence-corrected chi connectivity index (χ1v) is 9.80. The van der Waals surface area contributed by atoms with Gasteiger partial charge in [0, 0.05) is 0 Å². The molecule has 0 bridgehead atoms. The second kappa shape index (κ2) is 6.31. The zero-order valence-electron chi connectivity index (χ0n) is 13.3. The lowest BCUT2D eigenvalue weighted by Gasteiger charge is -2.38. The SMILES string of the molecule is C=C[C@@H](Oc1ccccc1)C(=C)O[Si](C)(C)C(C)(C)C. The van der Waals surface area contributed by atoms with E-state index in [9.17, 15) is 0 Å². The van der Waals surface area contributed by atoms with Crippen LogP contribution in [0.1, 0.15) is 20.8 Å². The van der Waals surface area contributed by atoms with Gasteiger partial charge in [0.1, 0.15) is 11.5 Å². The lowest BCUT2D eigenvalue weighted by Crippen LogP contribution is -2.42. The van der Waals surface area contributed by atoms with Crippen LogP contribution in [0, 0.1) is 0 Å². The average molecular weight is 290 g/mol. The molecule has 0 saturated carbocycles. The molecule has 0 aliphatic rings. The van der Waals surface area contributed by atoms with Gasteiger partial charge in [-0.15, -0.1) is 0 Å². The Morgan fingerprint density at radius 2 is 1.75 bits per heavy atom. The van der Waals surface area contributed by atoms with Crippen molar-refractivity contribution in [3.8, 4) is 5.75 Å². The van der Waals surface area contributed by atoms with E-state index in [4.69, 9.17) is 9.16 Å². The van der Waals surface area contributed by atoms with Crippen molar-refractivity contribution in [2.75, 3.05) is 0 Å². The summed E-state index contributed by atoms with van der Waals surface area (Å²) in [6.07, 6.45) is 1.40. The molecule has 0 aliphatic carbocycles. The maximum atomic E-state index is 6.18. The van der Waals surface area contributed by atoms with Gasteiger partial charge in [-0.05, 0) is 36.3 Å². The van der Waals surface area contributed by atoms with Gasteiger partial charge in [0.05, 0.1) is 0 Å². The van der Waals surface area contributed by atoms with Crippen molar-refractivity contribution < 1.29 is 9.16 Å². The summed E-state index contributed by atoms with van der Waals surface area (Å²) < 4.78 is 12.0. The van der Waals surface area contributed by atoms with Crippen LogP contribution in [0.2, 0.25) is 18.1 Å². The molecule has 0 unspecified atom stereocenters. The lowest BCUT2D eigenvalue weighted by molar-refractivity contribution is 0.216. The third-order valence-corrected chi connectivity index (χ3v) is 8.11. The fraction of sp³-hybridized carbons (Fsp3) is 0.412. The first-order chi connectivity index (χ1) is 9.17. The van der Waals surface area contributed by atoms with E-state index in [2.05, 4.69) is 47.0 Å². The van der Waals surface area contributed by atoms with Gasteiger partial charge >= 0.3 is 0 Å². The molecule has 110 valence electrons. The monoisotopic (exact) mass is 290 g/mol. The van der Waals surface area contributed by atoms with Gasteiger partial charge in [-0.25, -0.2) is 0 Å². The molecule has 1 aromatic rings. The summed E-state index contributed by atoms with van der Waals surface area (Å²) in [4.78, 5) is 0. The van der Waals surface area contributed by atoms with Crippen molar-refractivity contribution in [3.05, 3.63) is 55.3 Å². The van der Waals surface area contributed by atoms with E-state index >= 15 is 0 Å². The molecule has 0 radical (unpaired) electrons. The Morgan fingerprint density at radius 3 is 2.20 bits per heavy atom. The highest BCUT2D eigenvalue weighted by atomic mass is 28.4. The highest BCUT2D eigenvalue weighted by Gasteiger charge is 2.40. The van der Waals surface area contributed by atoms with Crippen LogP contribution >= 0.6 is 0 Å². The number of hydrogen-bond acceptors (Lipinski definition) is 2. The number of para-hydroxylation sites is 1. The zero-order chi connectivity index (χ0) is 15.4. The lowest BCUT2D eigenvalue weighted by atomic mass is 10.2. The first kappa shape index (κ1) is 16.6. The predicted molar refractivity (Wildman–Crippen MR) is 88.5 cm³/mol. The highest BCUT2D eigenvalue weighted by Crippen LogP contribution is 2.38. The van der Waals surface area contributed by atoms with Gasteiger partial charge in [0.2, 0.25) is 8.32 Å². The van der Waals surface area contributed by atoms with Crippen LogP contribution in [-0.4, -0.2) is 14.4 Å². The second-order valence-corrected chi connectivity index (χ2v) is 11.1. The molecular weight excluding hydrogens is 264 g/mol. The molecular formula is C17H26O2Si. The van der Waals surface area contributed by atoms with E-state index in [0.29, 0.717) is 5.76 Å². The molecule has 2 nitrogen and oxygen atoms in total. The summed E-state index contributed by atoms with van der Waals surface area (Å²) in [6.45, 7) is 18.9. The summed E-state index contributed by atoms with van der Waals surface area (Å²) >= 11 is 0. The average Bonchev–Trinajstić information content (AvgIpc) is 2.35. The van der Waals surface area contributed by atoms with Gasteiger partial charge < -0.3 is 9.16 Å². The van der Waals surface area contributed by atoms with E-state index in [1.807, 2.05) is 30.3 Å². The Bertz CT molecular complexity index is 458. The Labute approximate surface area is 124 Å². The van der Waals surface area contributed by atoms with Crippen molar-refractivity contribution >= 4 is 8.32 Å². The summed E-state index contributed by atoms with van der Waals surface area (Å²) in [7, 11) is -1.89. The molecule has 0 aromatic heterocycles. The molecule has 0 spiro atoms. The van der Waals surface area contributed by atoms with Crippen LogP contribution in [0.3, 0.4) is 0 Å². The van der Waals surface area contributed by atoms with Crippen LogP contribution in [0.15, 0.2) is 55.3 Å². The largest absolute Gasteiger partial charge is 0.544 e. The predicted octanol–water partition coefficient (Wildman–Crippen LogP) is 5.16. The maximum absolute atomic E-state index is 6.18. The molecule has 0 fully saturated rings. The molecule has 1 aromatic carbocycles. The van der Waals surface area contributed by atoms with Crippen molar-refractivity contribution in [3.63, 3.8) is 0 Å². The first-order valence-electron chi connectivity index (χ1n) is 6.89. The number of rotatable bonds is 6. The smallest absolute Gasteiger partial charge is 0.250 e. The molecule has 0 saturated heterocycles. The van der Waals surface area contributed by atoms with Gasteiger partial charge in [-0.1, -0.05) is 52.1 Å². The van der Waals surface area contributed by atoms with E-state index in [0.717, 1.165) is 5.75 Å². The van der Waals surface area contributed by atoms with Crippen molar-refractivity contribution in [1.29, 1.82) is 0 Å².